The summed E-state index contributed by atoms with van der Waals surface area (Å²) in [6.07, 6.45) is 2.86. The van der Waals surface area contributed by atoms with Gasteiger partial charge >= 0.3 is 101 Å². The van der Waals surface area contributed by atoms with E-state index in [1.165, 1.54) is 24.5 Å². The van der Waals surface area contributed by atoms with Crippen LogP contribution < -0.4 is 0 Å². The van der Waals surface area contributed by atoms with Gasteiger partial charge in [0.2, 0.25) is 0 Å². The molecule has 1 fully saturated rings. The van der Waals surface area contributed by atoms with Crippen LogP contribution in [-0.4, -0.2) is 45.0 Å². The molecule has 14 heavy (non-hydrogen) atoms. The van der Waals surface area contributed by atoms with Crippen molar-refractivity contribution in [1.82, 2.24) is 4.23 Å². The predicted octanol–water partition coefficient (Wildman–Crippen LogP) is 3.08. The van der Waals surface area contributed by atoms with E-state index in [4.69, 9.17) is 0 Å². The Bertz CT molecular complexity index is 179. The molecular weight excluding hydrogens is 197 g/mol. The molecule has 1 nitrogen and oxygen atoms in total. The minimum absolute atomic E-state index is 0.960. The summed E-state index contributed by atoms with van der Waals surface area (Å²) in [6, 6.07) is 3.11. The van der Waals surface area contributed by atoms with Crippen molar-refractivity contribution in [2.45, 2.75) is 56.2 Å². The third-order valence-corrected chi connectivity index (χ3v) is 14.2. The number of unbranched alkanes of at least 4 members (excludes halogenated alkanes) is 1. The number of hydrogen-bond acceptors (Lipinski definition) is 1. The third-order valence-electron chi connectivity index (χ3n) is 3.80. The summed E-state index contributed by atoms with van der Waals surface area (Å²) in [6.45, 7) is 11.7. The summed E-state index contributed by atoms with van der Waals surface area (Å²) in [5, 5.41) is 1.36. The number of rotatable bonds is 4. The molecule has 1 rings (SSSR count). The molecule has 0 aliphatic carbocycles. The molecule has 0 unspecified atom stereocenters. The summed E-state index contributed by atoms with van der Waals surface area (Å²) in [5.74, 6) is 0. The van der Waals surface area contributed by atoms with E-state index in [0.29, 0.717) is 0 Å². The van der Waals surface area contributed by atoms with Gasteiger partial charge in [0.15, 0.2) is 0 Å². The Balaban J connectivity index is 2.53. The Morgan fingerprint density at radius 1 is 1.00 bits per heavy atom. The molecule has 1 aliphatic heterocycles. The molecule has 0 atom stereocenters. The maximum absolute atomic E-state index is 3.00. The van der Waals surface area contributed by atoms with Crippen LogP contribution in [0.1, 0.15) is 12.8 Å². The zero-order chi connectivity index (χ0) is 10.8. The van der Waals surface area contributed by atoms with Crippen molar-refractivity contribution in [3.8, 4) is 0 Å². The maximum atomic E-state index is 3.00. The van der Waals surface area contributed by atoms with Crippen LogP contribution in [-0.2, 0) is 0 Å². The van der Waals surface area contributed by atoms with E-state index in [9.17, 15) is 0 Å². The van der Waals surface area contributed by atoms with Crippen molar-refractivity contribution in [2.24, 2.45) is 0 Å². The van der Waals surface area contributed by atoms with E-state index in [-0.39, 0.29) is 0 Å². The van der Waals surface area contributed by atoms with Crippen LogP contribution >= 0.6 is 0 Å². The Kier molecular flexibility index (Phi) is 4.55. The van der Waals surface area contributed by atoms with Crippen molar-refractivity contribution < 1.29 is 0 Å². The van der Waals surface area contributed by atoms with Gasteiger partial charge in [-0.2, -0.15) is 0 Å². The molecule has 0 aromatic rings. The molecule has 0 saturated carbocycles. The SMILES string of the molecule is [Li][CH2]CCCN1[Si](C)(C)CC[Si]1(C)C. The molecule has 1 aliphatic rings. The molecule has 1 saturated heterocycles. The monoisotopic (exact) mass is 221 g/mol. The van der Waals surface area contributed by atoms with Gasteiger partial charge in [-0.05, 0) is 0 Å². The molecule has 0 aromatic heterocycles. The van der Waals surface area contributed by atoms with E-state index in [1.807, 2.05) is 0 Å². The Morgan fingerprint density at radius 2 is 1.50 bits per heavy atom. The standard InChI is InChI=1S/C10H24NSi2.Li/c1-6-7-8-11-12(2,3)9-10-13(11,4)5;/h1,6-10H2,2-5H3;. The molecule has 0 aromatic carbocycles. The van der Waals surface area contributed by atoms with Crippen molar-refractivity contribution in [2.75, 3.05) is 6.54 Å². The molecule has 78 valence electrons. The van der Waals surface area contributed by atoms with Gasteiger partial charge in [0.1, 0.15) is 0 Å². The van der Waals surface area contributed by atoms with Crippen LogP contribution in [0.15, 0.2) is 0 Å². The Morgan fingerprint density at radius 3 is 1.93 bits per heavy atom. The molecule has 0 bridgehead atoms. The zero-order valence-corrected chi connectivity index (χ0v) is 12.7. The van der Waals surface area contributed by atoms with E-state index in [1.54, 1.807) is 12.1 Å². The predicted molar refractivity (Wildman–Crippen MR) is 71.1 cm³/mol. The second-order valence-electron chi connectivity index (χ2n) is 5.98. The van der Waals surface area contributed by atoms with E-state index in [0.717, 1.165) is 0 Å². The normalized spacial score (nSPS) is 25.6. The van der Waals surface area contributed by atoms with Crippen LogP contribution in [0.25, 0.3) is 0 Å². The van der Waals surface area contributed by atoms with Crippen LogP contribution in [0, 0.1) is 0 Å². The van der Waals surface area contributed by atoms with E-state index >= 15 is 0 Å². The molecule has 4 heteroatoms. The van der Waals surface area contributed by atoms with Crippen LogP contribution in [0.3, 0.4) is 0 Å². The average molecular weight is 221 g/mol. The van der Waals surface area contributed by atoms with Gasteiger partial charge in [0.05, 0.1) is 0 Å². The van der Waals surface area contributed by atoms with Gasteiger partial charge in [-0.3, -0.25) is 0 Å². The second-order valence-corrected chi connectivity index (χ2v) is 15.8. The fourth-order valence-corrected chi connectivity index (χ4v) is 17.0. The van der Waals surface area contributed by atoms with E-state index in [2.05, 4.69) is 48.1 Å². The van der Waals surface area contributed by atoms with Crippen LogP contribution in [0.4, 0.5) is 0 Å². The zero-order valence-electron chi connectivity index (χ0n) is 10.7. The second kappa shape index (κ2) is 4.88. The van der Waals surface area contributed by atoms with Gasteiger partial charge in [-0.15, -0.1) is 0 Å². The Labute approximate surface area is 101 Å². The quantitative estimate of drug-likeness (QED) is 0.521. The minimum atomic E-state index is -0.960. The molecular formula is C10H24LiNSi2. The van der Waals surface area contributed by atoms with Crippen molar-refractivity contribution >= 4 is 34.2 Å². The van der Waals surface area contributed by atoms with Gasteiger partial charge in [0, 0.05) is 0 Å². The van der Waals surface area contributed by atoms with Gasteiger partial charge in [-0.1, -0.05) is 0 Å². The first-order chi connectivity index (χ1) is 6.40. The van der Waals surface area contributed by atoms with E-state index < -0.39 is 16.5 Å². The molecule has 0 spiro atoms. The van der Waals surface area contributed by atoms with Crippen molar-refractivity contribution in [3.63, 3.8) is 0 Å². The van der Waals surface area contributed by atoms with Crippen molar-refractivity contribution in [3.05, 3.63) is 0 Å². The summed E-state index contributed by atoms with van der Waals surface area (Å²) in [5.41, 5.74) is 0. The van der Waals surface area contributed by atoms with Crippen LogP contribution in [0.5, 0.6) is 0 Å². The number of nitrogens with zero attached hydrogens (tertiary/aromatic N) is 1. The summed E-state index contributed by atoms with van der Waals surface area (Å²) < 4.78 is 3.00. The first-order valence-corrected chi connectivity index (χ1v) is 12.5. The topological polar surface area (TPSA) is 3.24 Å². The van der Waals surface area contributed by atoms with Gasteiger partial charge < -0.3 is 0 Å². The summed E-state index contributed by atoms with van der Waals surface area (Å²) in [7, 11) is -1.92. The first kappa shape index (κ1) is 13.1. The molecule has 0 radical (unpaired) electrons. The van der Waals surface area contributed by atoms with Gasteiger partial charge in [0.25, 0.3) is 0 Å². The van der Waals surface area contributed by atoms with Crippen molar-refractivity contribution in [1.29, 1.82) is 0 Å². The first-order valence-electron chi connectivity index (χ1n) is 6.18. The fourth-order valence-electron chi connectivity index (χ4n) is 2.83. The average Bonchev–Trinajstić information content (AvgIpc) is 2.27. The fraction of sp³-hybridized carbons (Fsp3) is 1.00. The van der Waals surface area contributed by atoms with Crippen LogP contribution in [0.2, 0.25) is 43.4 Å². The molecule has 0 amide bonds. The molecule has 1 heterocycles. The number of hydrogen-bond donors (Lipinski definition) is 0. The third kappa shape index (κ3) is 2.99. The summed E-state index contributed by atoms with van der Waals surface area (Å²) >= 11 is 2.30. The molecule has 0 N–H and O–H groups in total. The summed E-state index contributed by atoms with van der Waals surface area (Å²) in [4.78, 5) is 0. The van der Waals surface area contributed by atoms with Gasteiger partial charge in [-0.25, -0.2) is 0 Å². The Hall–Kier alpha value is 0.991.